The average molecular weight is 308 g/mol. The van der Waals surface area contributed by atoms with E-state index in [1.54, 1.807) is 0 Å². The molecule has 0 aliphatic rings. The Morgan fingerprint density at radius 2 is 1.73 bits per heavy atom. The highest BCUT2D eigenvalue weighted by atomic mass is 16.5. The minimum absolute atomic E-state index is 0.0575. The van der Waals surface area contributed by atoms with E-state index in [0.717, 1.165) is 12.8 Å². The third kappa shape index (κ3) is 7.90. The molecule has 0 fully saturated rings. The van der Waals surface area contributed by atoms with Crippen LogP contribution in [0.2, 0.25) is 0 Å². The van der Waals surface area contributed by atoms with E-state index in [1.165, 1.54) is 16.7 Å². The summed E-state index contributed by atoms with van der Waals surface area (Å²) in [6, 6.07) is 6.37. The van der Waals surface area contributed by atoms with Gasteiger partial charge in [-0.15, -0.1) is 0 Å². The minimum atomic E-state index is -1.01. The van der Waals surface area contributed by atoms with Crippen LogP contribution < -0.4 is 0 Å². The predicted molar refractivity (Wildman–Crippen MR) is 83.1 cm³/mol. The highest BCUT2D eigenvalue weighted by molar-refractivity contribution is 5.79. The third-order valence-corrected chi connectivity index (χ3v) is 3.35. The second-order valence-corrected chi connectivity index (χ2v) is 5.31. The number of benzene rings is 1. The van der Waals surface area contributed by atoms with Crippen molar-refractivity contribution in [1.82, 2.24) is 0 Å². The number of ketones is 1. The highest BCUT2D eigenvalue weighted by Crippen LogP contribution is 2.12. The largest absolute Gasteiger partial charge is 0.480 e. The molecule has 0 aliphatic heterocycles. The van der Waals surface area contributed by atoms with Gasteiger partial charge in [-0.2, -0.15) is 0 Å². The molecule has 0 saturated heterocycles. The fourth-order valence-electron chi connectivity index (χ4n) is 1.98. The van der Waals surface area contributed by atoms with Gasteiger partial charge in [0.1, 0.15) is 13.2 Å². The molecular weight excluding hydrogens is 284 g/mol. The molecule has 0 amide bonds. The Hall–Kier alpha value is -1.72. The Morgan fingerprint density at radius 3 is 2.36 bits per heavy atom. The van der Waals surface area contributed by atoms with Crippen molar-refractivity contribution in [1.29, 1.82) is 0 Å². The van der Waals surface area contributed by atoms with Crippen molar-refractivity contribution in [2.45, 2.75) is 33.1 Å². The summed E-state index contributed by atoms with van der Waals surface area (Å²) in [6.45, 7) is 4.31. The molecule has 0 saturated carbocycles. The second-order valence-electron chi connectivity index (χ2n) is 5.31. The molecule has 0 aromatic heterocycles. The Morgan fingerprint density at radius 1 is 1.05 bits per heavy atom. The lowest BCUT2D eigenvalue weighted by molar-refractivity contribution is -0.143. The first-order valence-electron chi connectivity index (χ1n) is 7.44. The lowest BCUT2D eigenvalue weighted by Gasteiger charge is -2.06. The number of hydrogen-bond donors (Lipinski definition) is 1. The van der Waals surface area contributed by atoms with Crippen molar-refractivity contribution in [3.05, 3.63) is 34.9 Å². The Balaban J connectivity index is 2.08. The quantitative estimate of drug-likeness (QED) is 0.635. The maximum Gasteiger partial charge on any atom is 0.329 e. The Labute approximate surface area is 131 Å². The minimum Gasteiger partial charge on any atom is -0.480 e. The van der Waals surface area contributed by atoms with Crippen molar-refractivity contribution in [2.24, 2.45) is 0 Å². The number of aliphatic carboxylic acids is 1. The van der Waals surface area contributed by atoms with Gasteiger partial charge in [0.05, 0.1) is 13.2 Å². The summed E-state index contributed by atoms with van der Waals surface area (Å²) in [6.07, 6.45) is 2.18. The number of carbonyl (C=O) groups is 2. The van der Waals surface area contributed by atoms with Crippen molar-refractivity contribution < 1.29 is 24.2 Å². The summed E-state index contributed by atoms with van der Waals surface area (Å²) < 4.78 is 9.95. The molecule has 5 heteroatoms. The topological polar surface area (TPSA) is 72.8 Å². The zero-order chi connectivity index (χ0) is 16.4. The normalized spacial score (nSPS) is 10.6. The SMILES string of the molecule is Cc1ccc(CCCC(=O)COCCOCC(=O)O)cc1C. The van der Waals surface area contributed by atoms with Crippen molar-refractivity contribution >= 4 is 11.8 Å². The lowest BCUT2D eigenvalue weighted by atomic mass is 10.0. The monoisotopic (exact) mass is 308 g/mol. The smallest absolute Gasteiger partial charge is 0.329 e. The zero-order valence-corrected chi connectivity index (χ0v) is 13.3. The summed E-state index contributed by atoms with van der Waals surface area (Å²) in [5.74, 6) is -0.954. The van der Waals surface area contributed by atoms with E-state index in [4.69, 9.17) is 14.6 Å². The van der Waals surface area contributed by atoms with Gasteiger partial charge in [0.25, 0.3) is 0 Å². The molecule has 1 N–H and O–H groups in total. The van der Waals surface area contributed by atoms with Gasteiger partial charge >= 0.3 is 5.97 Å². The number of Topliss-reactive ketones (excluding diaryl/α,β-unsaturated/α-hetero) is 1. The van der Waals surface area contributed by atoms with Gasteiger partial charge in [-0.05, 0) is 43.4 Å². The summed E-state index contributed by atoms with van der Waals surface area (Å²) in [7, 11) is 0. The van der Waals surface area contributed by atoms with E-state index >= 15 is 0 Å². The standard InChI is InChI=1S/C17H24O5/c1-13-6-7-15(10-14(13)2)4-3-5-16(18)11-21-8-9-22-12-17(19)20/h6-7,10H,3-5,8-9,11-12H2,1-2H3,(H,19,20). The molecule has 0 unspecified atom stereocenters. The predicted octanol–water partition coefficient (Wildman–Crippen LogP) is 2.31. The van der Waals surface area contributed by atoms with Gasteiger partial charge in [-0.3, -0.25) is 4.79 Å². The molecule has 0 bridgehead atoms. The van der Waals surface area contributed by atoms with Crippen LogP contribution in [0.15, 0.2) is 18.2 Å². The van der Waals surface area contributed by atoms with E-state index in [-0.39, 0.29) is 32.2 Å². The van der Waals surface area contributed by atoms with Crippen LogP contribution in [0.4, 0.5) is 0 Å². The summed E-state index contributed by atoms with van der Waals surface area (Å²) >= 11 is 0. The van der Waals surface area contributed by atoms with E-state index in [1.807, 2.05) is 0 Å². The van der Waals surface area contributed by atoms with Gasteiger partial charge in [0.2, 0.25) is 0 Å². The second kappa shape index (κ2) is 10.1. The van der Waals surface area contributed by atoms with Gasteiger partial charge in [-0.25, -0.2) is 4.79 Å². The molecule has 122 valence electrons. The van der Waals surface area contributed by atoms with Crippen LogP contribution in [-0.4, -0.2) is 43.3 Å². The van der Waals surface area contributed by atoms with Gasteiger partial charge in [0, 0.05) is 6.42 Å². The number of carboxylic acid groups (broad SMARTS) is 1. The highest BCUT2D eigenvalue weighted by Gasteiger charge is 2.04. The summed E-state index contributed by atoms with van der Waals surface area (Å²) in [4.78, 5) is 21.8. The fraction of sp³-hybridized carbons (Fsp3) is 0.529. The van der Waals surface area contributed by atoms with E-state index in [9.17, 15) is 9.59 Å². The molecule has 5 nitrogen and oxygen atoms in total. The lowest BCUT2D eigenvalue weighted by Crippen LogP contribution is -2.14. The number of aryl methyl sites for hydroxylation is 3. The third-order valence-electron chi connectivity index (χ3n) is 3.35. The molecule has 22 heavy (non-hydrogen) atoms. The number of carbonyl (C=O) groups excluding carboxylic acids is 1. The number of hydrogen-bond acceptors (Lipinski definition) is 4. The van der Waals surface area contributed by atoms with E-state index in [2.05, 4.69) is 32.0 Å². The molecular formula is C17H24O5. The van der Waals surface area contributed by atoms with Gasteiger partial charge in [-0.1, -0.05) is 18.2 Å². The number of carboxylic acids is 1. The maximum absolute atomic E-state index is 11.6. The molecule has 0 radical (unpaired) electrons. The molecule has 0 aliphatic carbocycles. The van der Waals surface area contributed by atoms with Crippen LogP contribution in [0.5, 0.6) is 0 Å². The fourth-order valence-corrected chi connectivity index (χ4v) is 1.98. The van der Waals surface area contributed by atoms with E-state index in [0.29, 0.717) is 6.42 Å². The molecule has 1 aromatic rings. The van der Waals surface area contributed by atoms with Gasteiger partial charge < -0.3 is 14.6 Å². The average Bonchev–Trinajstić information content (AvgIpc) is 2.46. The van der Waals surface area contributed by atoms with Crippen molar-refractivity contribution in [2.75, 3.05) is 26.4 Å². The number of ether oxygens (including phenoxy) is 2. The molecule has 1 aromatic carbocycles. The van der Waals surface area contributed by atoms with Crippen LogP contribution in [0, 0.1) is 13.8 Å². The first kappa shape index (κ1) is 18.3. The summed E-state index contributed by atoms with van der Waals surface area (Å²) in [5, 5.41) is 8.36. The summed E-state index contributed by atoms with van der Waals surface area (Å²) in [5.41, 5.74) is 3.80. The van der Waals surface area contributed by atoms with Crippen molar-refractivity contribution in [3.63, 3.8) is 0 Å². The molecule has 0 atom stereocenters. The molecule has 0 heterocycles. The van der Waals surface area contributed by atoms with Crippen LogP contribution >= 0.6 is 0 Å². The Kier molecular flexibility index (Phi) is 8.40. The number of rotatable bonds is 11. The first-order valence-corrected chi connectivity index (χ1v) is 7.44. The van der Waals surface area contributed by atoms with Crippen LogP contribution in [0.1, 0.15) is 29.5 Å². The van der Waals surface area contributed by atoms with Gasteiger partial charge in [0.15, 0.2) is 5.78 Å². The van der Waals surface area contributed by atoms with Crippen molar-refractivity contribution in [3.8, 4) is 0 Å². The van der Waals surface area contributed by atoms with Crippen LogP contribution in [0.25, 0.3) is 0 Å². The van der Waals surface area contributed by atoms with Crippen LogP contribution in [0.3, 0.4) is 0 Å². The first-order chi connectivity index (χ1) is 10.5. The molecule has 0 spiro atoms. The zero-order valence-electron chi connectivity index (χ0n) is 13.3. The van der Waals surface area contributed by atoms with E-state index < -0.39 is 5.97 Å². The maximum atomic E-state index is 11.6. The Bertz CT molecular complexity index is 496. The molecule has 1 rings (SSSR count). The van der Waals surface area contributed by atoms with Crippen LogP contribution in [-0.2, 0) is 25.5 Å².